The lowest BCUT2D eigenvalue weighted by atomic mass is 9.93. The Hall–Kier alpha value is -1.18. The fourth-order valence-corrected chi connectivity index (χ4v) is 2.77. The molecule has 0 radical (unpaired) electrons. The fraction of sp³-hybridized carbons (Fsp3) is 0.417. The van der Waals surface area contributed by atoms with Crippen LogP contribution in [0, 0.1) is 11.7 Å². The van der Waals surface area contributed by atoms with Crippen LogP contribution in [0.25, 0.3) is 0 Å². The van der Waals surface area contributed by atoms with Gasteiger partial charge in [0.2, 0.25) is 0 Å². The highest BCUT2D eigenvalue weighted by Gasteiger charge is 2.62. The summed E-state index contributed by atoms with van der Waals surface area (Å²) in [5, 5.41) is 0. The average molecular weight is 190 g/mol. The third kappa shape index (κ3) is 0.912. The zero-order valence-corrected chi connectivity index (χ0v) is 7.79. The molecule has 1 aromatic rings. The molecule has 2 atom stereocenters. The second-order valence-electron chi connectivity index (χ2n) is 4.39. The van der Waals surface area contributed by atoms with Crippen molar-refractivity contribution in [1.82, 2.24) is 0 Å². The van der Waals surface area contributed by atoms with Gasteiger partial charge in [0.1, 0.15) is 11.6 Å². The number of hydrogen-bond acceptors (Lipinski definition) is 1. The van der Waals surface area contributed by atoms with Gasteiger partial charge in [0, 0.05) is 17.8 Å². The molecule has 1 aromatic carbocycles. The zero-order valence-electron chi connectivity index (χ0n) is 7.79. The molecule has 2 fully saturated rings. The van der Waals surface area contributed by atoms with E-state index in [9.17, 15) is 9.18 Å². The van der Waals surface area contributed by atoms with Gasteiger partial charge in [-0.3, -0.25) is 4.79 Å². The molecular formula is C12H11FO. The van der Waals surface area contributed by atoms with Crippen LogP contribution in [0.3, 0.4) is 0 Å². The molecule has 0 N–H and O–H groups in total. The van der Waals surface area contributed by atoms with Crippen molar-refractivity contribution in [3.63, 3.8) is 0 Å². The molecule has 0 heterocycles. The van der Waals surface area contributed by atoms with Crippen molar-refractivity contribution >= 4 is 5.78 Å². The highest BCUT2D eigenvalue weighted by molar-refractivity contribution is 5.89. The summed E-state index contributed by atoms with van der Waals surface area (Å²) >= 11 is 0. The van der Waals surface area contributed by atoms with Crippen LogP contribution in [0.5, 0.6) is 0 Å². The van der Waals surface area contributed by atoms with Crippen LogP contribution in [0.1, 0.15) is 24.8 Å². The minimum Gasteiger partial charge on any atom is -0.299 e. The Morgan fingerprint density at radius 2 is 2.00 bits per heavy atom. The molecule has 3 rings (SSSR count). The van der Waals surface area contributed by atoms with E-state index in [2.05, 4.69) is 0 Å². The van der Waals surface area contributed by atoms with Gasteiger partial charge in [-0.05, 0) is 30.5 Å². The fourth-order valence-electron chi connectivity index (χ4n) is 2.77. The first-order chi connectivity index (χ1) is 6.72. The predicted molar refractivity (Wildman–Crippen MR) is 50.4 cm³/mol. The number of ketones is 1. The van der Waals surface area contributed by atoms with E-state index >= 15 is 0 Å². The molecule has 2 saturated carbocycles. The number of carbonyl (C=O) groups is 1. The number of Topliss-reactive ketones (excluding diaryl/α,β-unsaturated/α-hetero) is 1. The monoisotopic (exact) mass is 190 g/mol. The lowest BCUT2D eigenvalue weighted by molar-refractivity contribution is -0.119. The Morgan fingerprint density at radius 1 is 1.29 bits per heavy atom. The first-order valence-electron chi connectivity index (χ1n) is 5.01. The number of benzene rings is 1. The topological polar surface area (TPSA) is 17.1 Å². The van der Waals surface area contributed by atoms with Crippen LogP contribution in [-0.2, 0) is 10.2 Å². The lowest BCUT2D eigenvalue weighted by Crippen LogP contribution is -2.04. The van der Waals surface area contributed by atoms with Crippen LogP contribution in [0.2, 0.25) is 0 Å². The molecule has 0 bridgehead atoms. The number of halogens is 1. The van der Waals surface area contributed by atoms with Crippen LogP contribution in [-0.4, -0.2) is 5.78 Å². The van der Waals surface area contributed by atoms with Crippen molar-refractivity contribution in [3.05, 3.63) is 35.6 Å². The Kier molecular flexibility index (Phi) is 1.42. The first-order valence-corrected chi connectivity index (χ1v) is 5.01. The summed E-state index contributed by atoms with van der Waals surface area (Å²) < 4.78 is 12.7. The van der Waals surface area contributed by atoms with Gasteiger partial charge in [-0.2, -0.15) is 0 Å². The van der Waals surface area contributed by atoms with Gasteiger partial charge in [0.15, 0.2) is 0 Å². The molecule has 2 aliphatic carbocycles. The van der Waals surface area contributed by atoms with Crippen molar-refractivity contribution < 1.29 is 9.18 Å². The lowest BCUT2D eigenvalue weighted by Gasteiger charge is -2.10. The highest BCUT2D eigenvalue weighted by Crippen LogP contribution is 2.62. The summed E-state index contributed by atoms with van der Waals surface area (Å²) in [6, 6.07) is 6.63. The Balaban J connectivity index is 1.98. The maximum atomic E-state index is 12.7. The first kappa shape index (κ1) is 8.16. The molecule has 72 valence electrons. The van der Waals surface area contributed by atoms with Gasteiger partial charge in [0.25, 0.3) is 0 Å². The van der Waals surface area contributed by atoms with Gasteiger partial charge in [-0.1, -0.05) is 12.1 Å². The van der Waals surface area contributed by atoms with E-state index in [1.165, 1.54) is 12.1 Å². The SMILES string of the molecule is O=C1CC[C@]2(c3ccc(F)cc3)C[C@H]12. The number of carbonyl (C=O) groups excluding carboxylic acids is 1. The van der Waals surface area contributed by atoms with Gasteiger partial charge in [-0.25, -0.2) is 4.39 Å². The minimum absolute atomic E-state index is 0.102. The van der Waals surface area contributed by atoms with Gasteiger partial charge < -0.3 is 0 Å². The second-order valence-corrected chi connectivity index (χ2v) is 4.39. The number of rotatable bonds is 1. The molecule has 0 saturated heterocycles. The Bertz CT molecular complexity index is 395. The van der Waals surface area contributed by atoms with Gasteiger partial charge in [0.05, 0.1) is 0 Å². The number of fused-ring (bicyclic) bond motifs is 1. The summed E-state index contributed by atoms with van der Waals surface area (Å²) in [6.45, 7) is 0. The third-order valence-electron chi connectivity index (χ3n) is 3.70. The molecule has 0 amide bonds. The molecule has 2 heteroatoms. The molecule has 0 aromatic heterocycles. The van der Waals surface area contributed by atoms with E-state index in [4.69, 9.17) is 0 Å². The molecular weight excluding hydrogens is 179 g/mol. The second kappa shape index (κ2) is 2.44. The van der Waals surface area contributed by atoms with Crippen LogP contribution in [0.4, 0.5) is 4.39 Å². The van der Waals surface area contributed by atoms with Crippen molar-refractivity contribution in [2.24, 2.45) is 5.92 Å². The quantitative estimate of drug-likeness (QED) is 0.664. The maximum absolute atomic E-state index is 12.7. The largest absolute Gasteiger partial charge is 0.299 e. The highest BCUT2D eigenvalue weighted by atomic mass is 19.1. The van der Waals surface area contributed by atoms with E-state index < -0.39 is 0 Å². The third-order valence-corrected chi connectivity index (χ3v) is 3.70. The molecule has 14 heavy (non-hydrogen) atoms. The molecule has 0 spiro atoms. The molecule has 1 nitrogen and oxygen atoms in total. The van der Waals surface area contributed by atoms with E-state index in [1.807, 2.05) is 12.1 Å². The van der Waals surface area contributed by atoms with E-state index in [1.54, 1.807) is 0 Å². The van der Waals surface area contributed by atoms with Crippen LogP contribution >= 0.6 is 0 Å². The van der Waals surface area contributed by atoms with Crippen molar-refractivity contribution in [1.29, 1.82) is 0 Å². The smallest absolute Gasteiger partial charge is 0.136 e. The summed E-state index contributed by atoms with van der Waals surface area (Å²) in [5.41, 5.74) is 1.25. The van der Waals surface area contributed by atoms with E-state index in [-0.39, 0.29) is 17.2 Å². The standard InChI is InChI=1S/C12H11FO/c13-9-3-1-8(2-4-9)12-6-5-11(14)10(12)7-12/h1-4,10H,5-7H2/t10-,12-/m1/s1. The number of hydrogen-bond donors (Lipinski definition) is 0. The Morgan fingerprint density at radius 3 is 2.50 bits per heavy atom. The van der Waals surface area contributed by atoms with Crippen molar-refractivity contribution in [2.75, 3.05) is 0 Å². The van der Waals surface area contributed by atoms with Crippen molar-refractivity contribution in [3.8, 4) is 0 Å². The van der Waals surface area contributed by atoms with Crippen molar-refractivity contribution in [2.45, 2.75) is 24.7 Å². The normalized spacial score (nSPS) is 34.4. The van der Waals surface area contributed by atoms with E-state index in [0.29, 0.717) is 12.2 Å². The van der Waals surface area contributed by atoms with E-state index in [0.717, 1.165) is 18.4 Å². The van der Waals surface area contributed by atoms with Gasteiger partial charge >= 0.3 is 0 Å². The minimum atomic E-state index is -0.202. The molecule has 2 aliphatic rings. The molecule has 0 unspecified atom stereocenters. The predicted octanol–water partition coefficient (Wildman–Crippen LogP) is 2.45. The Labute approximate surface area is 81.9 Å². The zero-order chi connectivity index (χ0) is 9.76. The summed E-state index contributed by atoms with van der Waals surface area (Å²) in [6.07, 6.45) is 2.65. The maximum Gasteiger partial charge on any atom is 0.136 e. The van der Waals surface area contributed by atoms with Crippen LogP contribution in [0.15, 0.2) is 24.3 Å². The summed E-state index contributed by atoms with van der Waals surface area (Å²) in [7, 11) is 0. The van der Waals surface area contributed by atoms with Gasteiger partial charge in [-0.15, -0.1) is 0 Å². The average Bonchev–Trinajstić information content (AvgIpc) is 2.84. The van der Waals surface area contributed by atoms with Crippen LogP contribution < -0.4 is 0 Å². The summed E-state index contributed by atoms with van der Waals surface area (Å²) in [4.78, 5) is 11.4. The molecule has 0 aliphatic heterocycles. The summed E-state index contributed by atoms with van der Waals surface area (Å²) in [5.74, 6) is 0.439.